The second kappa shape index (κ2) is 11.5. The van der Waals surface area contributed by atoms with Gasteiger partial charge in [-0.25, -0.2) is 0 Å². The Morgan fingerprint density at radius 1 is 0.320 bits per heavy atom. The molecule has 0 spiro atoms. The zero-order valence-corrected chi connectivity index (χ0v) is 27.3. The van der Waals surface area contributed by atoms with Crippen molar-refractivity contribution in [2.75, 3.05) is 0 Å². The van der Waals surface area contributed by atoms with Gasteiger partial charge in [0.05, 0.1) is 16.4 Å². The highest BCUT2D eigenvalue weighted by molar-refractivity contribution is 6.26. The van der Waals surface area contributed by atoms with Gasteiger partial charge in [-0.15, -0.1) is 0 Å². The fraction of sp³-hybridized carbons (Fsp3) is 0. The van der Waals surface area contributed by atoms with E-state index in [9.17, 15) is 0 Å². The molecule has 0 fully saturated rings. The summed E-state index contributed by atoms with van der Waals surface area (Å²) in [4.78, 5) is 0. The van der Waals surface area contributed by atoms with Crippen LogP contribution in [0, 0.1) is 0 Å². The van der Waals surface area contributed by atoms with Crippen molar-refractivity contribution in [3.05, 3.63) is 188 Å². The second-order valence-corrected chi connectivity index (χ2v) is 12.9. The van der Waals surface area contributed by atoms with E-state index in [1.165, 1.54) is 49.2 Å². The molecule has 0 atom stereocenters. The highest BCUT2D eigenvalue weighted by Gasteiger charge is 2.17. The lowest BCUT2D eigenvalue weighted by atomic mass is 9.99. The van der Waals surface area contributed by atoms with Crippen LogP contribution in [0.1, 0.15) is 0 Å². The van der Waals surface area contributed by atoms with Gasteiger partial charge in [0.1, 0.15) is 11.2 Å². The van der Waals surface area contributed by atoms with E-state index >= 15 is 0 Å². The molecule has 2 heteroatoms. The van der Waals surface area contributed by atoms with Crippen molar-refractivity contribution in [1.82, 2.24) is 4.57 Å². The van der Waals surface area contributed by atoms with E-state index in [2.05, 4.69) is 187 Å². The van der Waals surface area contributed by atoms with Gasteiger partial charge in [-0.2, -0.15) is 0 Å². The minimum atomic E-state index is 0.868. The first-order valence-electron chi connectivity index (χ1n) is 17.1. The Kier molecular flexibility index (Phi) is 6.53. The molecule has 8 aromatic carbocycles. The molecule has 0 radical (unpaired) electrons. The topological polar surface area (TPSA) is 18.1 Å². The average molecular weight is 638 g/mol. The van der Waals surface area contributed by atoms with Crippen LogP contribution in [0.5, 0.6) is 0 Å². The van der Waals surface area contributed by atoms with E-state index in [1.807, 2.05) is 6.07 Å². The number of benzene rings is 8. The number of furan rings is 1. The van der Waals surface area contributed by atoms with E-state index in [0.29, 0.717) is 0 Å². The zero-order chi connectivity index (χ0) is 33.0. The monoisotopic (exact) mass is 637 g/mol. The van der Waals surface area contributed by atoms with Crippen molar-refractivity contribution < 1.29 is 4.42 Å². The van der Waals surface area contributed by atoms with Crippen molar-refractivity contribution in [3.8, 4) is 27.9 Å². The largest absolute Gasteiger partial charge is 0.456 e. The molecule has 2 heterocycles. The lowest BCUT2D eigenvalue weighted by Crippen LogP contribution is -1.99. The van der Waals surface area contributed by atoms with E-state index < -0.39 is 0 Å². The molecule has 0 aliphatic rings. The molecule has 50 heavy (non-hydrogen) atoms. The van der Waals surface area contributed by atoms with Gasteiger partial charge < -0.3 is 8.98 Å². The molecule has 0 unspecified atom stereocenters. The van der Waals surface area contributed by atoms with Crippen LogP contribution in [-0.4, -0.2) is 4.57 Å². The Bertz CT molecular complexity index is 2950. The average Bonchev–Trinajstić information content (AvgIpc) is 3.59. The standard InChI is InChI=1S/C48H31NO/c1-3-13-32(14-4-1)34-23-26-36(27-24-34)49-44-29-25-35(33-15-5-2-6-16-33)31-43(44)40-20-10-8-18-38(40)37-17-7-9-19-39(37)41-28-30-46-47(48(41)49)42-21-11-12-22-45(42)50-46/h1-31H. The van der Waals surface area contributed by atoms with Crippen LogP contribution in [0.4, 0.5) is 0 Å². The maximum atomic E-state index is 6.57. The maximum Gasteiger partial charge on any atom is 0.137 e. The van der Waals surface area contributed by atoms with Crippen molar-refractivity contribution in [3.63, 3.8) is 0 Å². The van der Waals surface area contributed by atoms with Crippen LogP contribution in [0.3, 0.4) is 0 Å². The summed E-state index contributed by atoms with van der Waals surface area (Å²) in [6.45, 7) is 0. The zero-order valence-electron chi connectivity index (χ0n) is 27.3. The first kappa shape index (κ1) is 28.4. The number of rotatable bonds is 3. The highest BCUT2D eigenvalue weighted by atomic mass is 16.3. The van der Waals surface area contributed by atoms with Gasteiger partial charge in [-0.05, 0) is 86.3 Å². The Hall–Kier alpha value is -6.64. The van der Waals surface area contributed by atoms with E-state index in [-0.39, 0.29) is 0 Å². The summed E-state index contributed by atoms with van der Waals surface area (Å²) in [5, 5.41) is 9.31. The Labute approximate surface area is 289 Å². The van der Waals surface area contributed by atoms with Gasteiger partial charge in [-0.3, -0.25) is 0 Å². The first-order chi connectivity index (χ1) is 24.8. The minimum Gasteiger partial charge on any atom is -0.456 e. The molecule has 0 saturated carbocycles. The van der Waals surface area contributed by atoms with Crippen LogP contribution >= 0.6 is 0 Å². The molecule has 0 amide bonds. The van der Waals surface area contributed by atoms with E-state index in [4.69, 9.17) is 4.42 Å². The predicted octanol–water partition coefficient (Wildman–Crippen LogP) is 13.4. The molecule has 0 saturated heterocycles. The number of nitrogens with zero attached hydrogens (tertiary/aromatic N) is 1. The van der Waals surface area contributed by atoms with Crippen LogP contribution in [0.2, 0.25) is 0 Å². The number of aromatic nitrogens is 1. The normalized spacial score (nSPS) is 11.6. The minimum absolute atomic E-state index is 0.868. The Balaban J connectivity index is 1.50. The smallest absolute Gasteiger partial charge is 0.137 e. The summed E-state index contributed by atoms with van der Waals surface area (Å²) in [6.07, 6.45) is 0. The second-order valence-electron chi connectivity index (χ2n) is 12.9. The van der Waals surface area contributed by atoms with Crippen molar-refractivity contribution in [1.29, 1.82) is 0 Å². The Morgan fingerprint density at radius 3 is 1.48 bits per heavy atom. The van der Waals surface area contributed by atoms with Crippen molar-refractivity contribution in [2.24, 2.45) is 0 Å². The summed E-state index contributed by atoms with van der Waals surface area (Å²) >= 11 is 0. The van der Waals surface area contributed by atoms with Gasteiger partial charge in [-0.1, -0.05) is 146 Å². The number of hydrogen-bond donors (Lipinski definition) is 0. The molecule has 0 N–H and O–H groups in total. The molecule has 10 aromatic rings. The van der Waals surface area contributed by atoms with Crippen LogP contribution in [0.15, 0.2) is 192 Å². The molecule has 234 valence electrons. The van der Waals surface area contributed by atoms with E-state index in [0.717, 1.165) is 44.0 Å². The summed E-state index contributed by atoms with van der Waals surface area (Å²) in [5.41, 5.74) is 9.79. The molecule has 2 aromatic heterocycles. The third-order valence-electron chi connectivity index (χ3n) is 10.0. The lowest BCUT2D eigenvalue weighted by Gasteiger charge is -2.16. The molecule has 2 nitrogen and oxygen atoms in total. The maximum absolute atomic E-state index is 6.57. The van der Waals surface area contributed by atoms with Gasteiger partial charge in [0.25, 0.3) is 0 Å². The first-order valence-corrected chi connectivity index (χ1v) is 17.1. The predicted molar refractivity (Wildman–Crippen MR) is 212 cm³/mol. The fourth-order valence-corrected chi connectivity index (χ4v) is 7.73. The van der Waals surface area contributed by atoms with E-state index in [1.54, 1.807) is 0 Å². The summed E-state index contributed by atoms with van der Waals surface area (Å²) in [7, 11) is 0. The van der Waals surface area contributed by atoms with Gasteiger partial charge in [0, 0.05) is 21.8 Å². The van der Waals surface area contributed by atoms with Gasteiger partial charge in [0.15, 0.2) is 0 Å². The van der Waals surface area contributed by atoms with Gasteiger partial charge in [0.2, 0.25) is 0 Å². The molecule has 0 bridgehead atoms. The summed E-state index contributed by atoms with van der Waals surface area (Å²) in [5.74, 6) is 0. The fourth-order valence-electron chi connectivity index (χ4n) is 7.73. The number of para-hydroxylation sites is 1. The van der Waals surface area contributed by atoms with Crippen molar-refractivity contribution >= 4 is 65.3 Å². The van der Waals surface area contributed by atoms with Gasteiger partial charge >= 0.3 is 0 Å². The number of fused-ring (bicyclic) bond motifs is 11. The van der Waals surface area contributed by atoms with Crippen LogP contribution < -0.4 is 0 Å². The molecule has 10 rings (SSSR count). The van der Waals surface area contributed by atoms with Crippen molar-refractivity contribution in [2.45, 2.75) is 0 Å². The Morgan fingerprint density at radius 2 is 0.820 bits per heavy atom. The SMILES string of the molecule is c1ccc(-c2ccc(-n3c4ccc(-c5ccccc5)cc4c4ccccc4c4ccccc4c4ccc5oc6ccccc6c5c43)cc2)cc1. The third-order valence-corrected chi connectivity index (χ3v) is 10.0. The van der Waals surface area contributed by atoms with Crippen LogP contribution in [-0.2, 0) is 0 Å². The molecular formula is C48H31NO. The van der Waals surface area contributed by atoms with Crippen LogP contribution in [0.25, 0.3) is 93.2 Å². The third kappa shape index (κ3) is 4.50. The highest BCUT2D eigenvalue weighted by Crippen LogP contribution is 2.41. The number of hydrogen-bond acceptors (Lipinski definition) is 1. The molecular weight excluding hydrogens is 607 g/mol. The summed E-state index contributed by atoms with van der Waals surface area (Å²) < 4.78 is 9.04. The summed E-state index contributed by atoms with van der Waals surface area (Å²) in [6, 6.07) is 67.7. The quantitative estimate of drug-likeness (QED) is 0.188. The molecule has 0 aliphatic carbocycles. The molecule has 0 aliphatic heterocycles. The lowest BCUT2D eigenvalue weighted by molar-refractivity contribution is 0.669.